The molecule has 0 aliphatic carbocycles. The van der Waals surface area contributed by atoms with Gasteiger partial charge in [-0.2, -0.15) is 5.10 Å². The summed E-state index contributed by atoms with van der Waals surface area (Å²) in [6, 6.07) is 4.12. The number of rotatable bonds is 5. The van der Waals surface area contributed by atoms with E-state index in [1.54, 1.807) is 0 Å². The Bertz CT molecular complexity index is 581. The Morgan fingerprint density at radius 1 is 1.38 bits per heavy atom. The second-order valence-corrected chi connectivity index (χ2v) is 5.57. The molecule has 0 aromatic carbocycles. The zero-order chi connectivity index (χ0) is 14.7. The summed E-state index contributed by atoms with van der Waals surface area (Å²) in [5.41, 5.74) is 3.89. The predicted octanol–water partition coefficient (Wildman–Crippen LogP) is 1.95. The molecule has 5 nitrogen and oxygen atoms in total. The second kappa shape index (κ2) is 6.37. The van der Waals surface area contributed by atoms with Crippen LogP contribution in [0.1, 0.15) is 29.7 Å². The van der Waals surface area contributed by atoms with Crippen LogP contribution < -0.4 is 0 Å². The van der Waals surface area contributed by atoms with Crippen molar-refractivity contribution in [1.29, 1.82) is 0 Å². The van der Waals surface area contributed by atoms with Crippen molar-refractivity contribution in [1.82, 2.24) is 19.7 Å². The van der Waals surface area contributed by atoms with E-state index in [1.165, 1.54) is 16.8 Å². The van der Waals surface area contributed by atoms with Crippen LogP contribution >= 0.6 is 0 Å². The molecule has 1 aliphatic heterocycles. The number of aryl methyl sites for hydroxylation is 1. The van der Waals surface area contributed by atoms with Crippen LogP contribution in [0.3, 0.4) is 0 Å². The van der Waals surface area contributed by atoms with Crippen molar-refractivity contribution in [3.63, 3.8) is 0 Å². The quantitative estimate of drug-likeness (QED) is 0.842. The van der Waals surface area contributed by atoms with Crippen LogP contribution in [0.4, 0.5) is 0 Å². The van der Waals surface area contributed by atoms with Gasteiger partial charge in [0.25, 0.3) is 0 Å². The van der Waals surface area contributed by atoms with Gasteiger partial charge in [0.2, 0.25) is 0 Å². The number of fused-ring (bicyclic) bond motifs is 1. The highest BCUT2D eigenvalue weighted by atomic mass is 16.5. The van der Waals surface area contributed by atoms with Gasteiger partial charge in [0, 0.05) is 62.9 Å². The number of pyridine rings is 1. The fourth-order valence-electron chi connectivity index (χ4n) is 3.11. The van der Waals surface area contributed by atoms with E-state index in [1.807, 2.05) is 43.3 Å². The van der Waals surface area contributed by atoms with Crippen molar-refractivity contribution in [2.75, 3.05) is 19.8 Å². The van der Waals surface area contributed by atoms with Crippen molar-refractivity contribution in [2.24, 2.45) is 7.05 Å². The standard InChI is InChI=1S/C16H22N4O/c1-3-21-12-15-11-20(9-13-5-4-6-17-7-13)10-14-8-18-19(2)16(14)15/h4-8,15H,3,9-12H2,1-2H3/t15-/m1/s1. The smallest absolute Gasteiger partial charge is 0.0562 e. The Morgan fingerprint density at radius 2 is 2.29 bits per heavy atom. The van der Waals surface area contributed by atoms with Gasteiger partial charge < -0.3 is 4.74 Å². The lowest BCUT2D eigenvalue weighted by Gasteiger charge is -2.33. The number of ether oxygens (including phenoxy) is 1. The molecule has 3 heterocycles. The minimum absolute atomic E-state index is 0.387. The number of hydrogen-bond donors (Lipinski definition) is 0. The summed E-state index contributed by atoms with van der Waals surface area (Å²) in [4.78, 5) is 6.65. The maximum atomic E-state index is 5.67. The third-order valence-electron chi connectivity index (χ3n) is 3.98. The molecule has 0 fully saturated rings. The molecule has 0 N–H and O–H groups in total. The van der Waals surface area contributed by atoms with Crippen molar-refractivity contribution < 1.29 is 4.74 Å². The van der Waals surface area contributed by atoms with Gasteiger partial charge in [-0.1, -0.05) is 6.07 Å². The van der Waals surface area contributed by atoms with Gasteiger partial charge in [0.1, 0.15) is 0 Å². The summed E-state index contributed by atoms with van der Waals surface area (Å²) in [5.74, 6) is 0.387. The topological polar surface area (TPSA) is 43.2 Å². The third-order valence-corrected chi connectivity index (χ3v) is 3.98. The van der Waals surface area contributed by atoms with Gasteiger partial charge in [-0.05, 0) is 18.6 Å². The molecule has 2 aromatic rings. The number of aromatic nitrogens is 3. The van der Waals surface area contributed by atoms with Crippen molar-refractivity contribution in [2.45, 2.75) is 25.9 Å². The molecule has 0 bridgehead atoms. The van der Waals surface area contributed by atoms with Crippen LogP contribution in [-0.2, 0) is 24.9 Å². The normalized spacial score (nSPS) is 18.7. The zero-order valence-electron chi connectivity index (χ0n) is 12.7. The summed E-state index contributed by atoms with van der Waals surface area (Å²) in [7, 11) is 2.02. The minimum Gasteiger partial charge on any atom is -0.381 e. The van der Waals surface area contributed by atoms with Crippen LogP contribution in [-0.4, -0.2) is 39.4 Å². The molecule has 0 unspecified atom stereocenters. The summed E-state index contributed by atoms with van der Waals surface area (Å²) < 4.78 is 7.67. The molecule has 5 heteroatoms. The maximum Gasteiger partial charge on any atom is 0.0562 e. The molecule has 0 amide bonds. The van der Waals surface area contributed by atoms with Gasteiger partial charge >= 0.3 is 0 Å². The molecule has 0 spiro atoms. The molecule has 112 valence electrons. The number of hydrogen-bond acceptors (Lipinski definition) is 4. The Kier molecular flexibility index (Phi) is 4.31. The number of nitrogens with zero attached hydrogens (tertiary/aromatic N) is 4. The lowest BCUT2D eigenvalue weighted by Crippen LogP contribution is -2.35. The van der Waals surface area contributed by atoms with Crippen LogP contribution in [0.5, 0.6) is 0 Å². The van der Waals surface area contributed by atoms with Crippen molar-refractivity contribution in [3.8, 4) is 0 Å². The van der Waals surface area contributed by atoms with Crippen molar-refractivity contribution >= 4 is 0 Å². The monoisotopic (exact) mass is 286 g/mol. The average Bonchev–Trinajstić information content (AvgIpc) is 2.87. The molecule has 21 heavy (non-hydrogen) atoms. The van der Waals surface area contributed by atoms with Gasteiger partial charge in [0.15, 0.2) is 0 Å². The predicted molar refractivity (Wildman–Crippen MR) is 80.8 cm³/mol. The molecular formula is C16H22N4O. The van der Waals surface area contributed by atoms with Crippen LogP contribution in [0.25, 0.3) is 0 Å². The van der Waals surface area contributed by atoms with Gasteiger partial charge in [-0.25, -0.2) is 0 Å². The molecule has 2 aromatic heterocycles. The Labute approximate surface area is 125 Å². The lowest BCUT2D eigenvalue weighted by atomic mass is 9.96. The molecule has 0 saturated carbocycles. The van der Waals surface area contributed by atoms with Crippen molar-refractivity contribution in [3.05, 3.63) is 47.5 Å². The molecule has 0 saturated heterocycles. The Morgan fingerprint density at radius 3 is 3.05 bits per heavy atom. The minimum atomic E-state index is 0.387. The average molecular weight is 286 g/mol. The Hall–Kier alpha value is -1.72. The molecular weight excluding hydrogens is 264 g/mol. The fraction of sp³-hybridized carbons (Fsp3) is 0.500. The van der Waals surface area contributed by atoms with E-state index in [-0.39, 0.29) is 0 Å². The van der Waals surface area contributed by atoms with Crippen LogP contribution in [0.2, 0.25) is 0 Å². The van der Waals surface area contributed by atoms with Gasteiger partial charge in [-0.3, -0.25) is 14.6 Å². The maximum absolute atomic E-state index is 5.67. The van der Waals surface area contributed by atoms with E-state index in [2.05, 4.69) is 21.0 Å². The SMILES string of the molecule is CCOC[C@H]1CN(Cc2cccnc2)Cc2cnn(C)c21. The first kappa shape index (κ1) is 14.2. The van der Waals surface area contributed by atoms with E-state index in [9.17, 15) is 0 Å². The molecule has 1 aliphatic rings. The summed E-state index contributed by atoms with van der Waals surface area (Å²) in [6.45, 7) is 6.42. The second-order valence-electron chi connectivity index (χ2n) is 5.57. The van der Waals surface area contributed by atoms with E-state index in [0.717, 1.165) is 32.8 Å². The highest BCUT2D eigenvalue weighted by Crippen LogP contribution is 2.29. The summed E-state index contributed by atoms with van der Waals surface area (Å²) in [5, 5.41) is 4.42. The highest BCUT2D eigenvalue weighted by molar-refractivity contribution is 5.25. The summed E-state index contributed by atoms with van der Waals surface area (Å²) >= 11 is 0. The van der Waals surface area contributed by atoms with Gasteiger partial charge in [-0.15, -0.1) is 0 Å². The Balaban J connectivity index is 1.77. The fourth-order valence-corrected chi connectivity index (χ4v) is 3.11. The van der Waals surface area contributed by atoms with Crippen LogP contribution in [0.15, 0.2) is 30.7 Å². The third kappa shape index (κ3) is 3.14. The van der Waals surface area contributed by atoms with Gasteiger partial charge in [0.05, 0.1) is 12.8 Å². The van der Waals surface area contributed by atoms with E-state index in [0.29, 0.717) is 5.92 Å². The molecule has 0 radical (unpaired) electrons. The van der Waals surface area contributed by atoms with E-state index < -0.39 is 0 Å². The zero-order valence-corrected chi connectivity index (χ0v) is 12.7. The summed E-state index contributed by atoms with van der Waals surface area (Å²) in [6.07, 6.45) is 5.75. The highest BCUT2D eigenvalue weighted by Gasteiger charge is 2.28. The van der Waals surface area contributed by atoms with E-state index >= 15 is 0 Å². The first-order chi connectivity index (χ1) is 10.3. The largest absolute Gasteiger partial charge is 0.381 e. The first-order valence-corrected chi connectivity index (χ1v) is 7.47. The first-order valence-electron chi connectivity index (χ1n) is 7.47. The molecule has 3 rings (SSSR count). The molecule has 1 atom stereocenters. The van der Waals surface area contributed by atoms with Crippen LogP contribution in [0, 0.1) is 0 Å². The van der Waals surface area contributed by atoms with E-state index in [4.69, 9.17) is 4.74 Å². The lowest BCUT2D eigenvalue weighted by molar-refractivity contribution is 0.102.